The van der Waals surface area contributed by atoms with E-state index in [1.165, 1.54) is 0 Å². The zero-order valence-electron chi connectivity index (χ0n) is 6.67. The van der Waals surface area contributed by atoms with Crippen molar-refractivity contribution < 1.29 is 5.11 Å². The van der Waals surface area contributed by atoms with Gasteiger partial charge in [-0.15, -0.1) is 0 Å². The molecule has 1 heterocycles. The summed E-state index contributed by atoms with van der Waals surface area (Å²) in [5, 5.41) is 12.2. The van der Waals surface area contributed by atoms with Crippen LogP contribution >= 0.6 is 0 Å². The van der Waals surface area contributed by atoms with Crippen LogP contribution < -0.4 is 5.32 Å². The lowest BCUT2D eigenvalue weighted by Gasteiger charge is -2.36. The predicted molar refractivity (Wildman–Crippen MR) is 41.0 cm³/mol. The Morgan fingerprint density at radius 3 is 2.60 bits per heavy atom. The fourth-order valence-corrected chi connectivity index (χ4v) is 1.15. The Hall–Kier alpha value is -0.120. The van der Waals surface area contributed by atoms with Crippen LogP contribution in [0.15, 0.2) is 0 Å². The molecule has 0 aliphatic carbocycles. The maximum atomic E-state index is 9.03. The Morgan fingerprint density at radius 2 is 2.30 bits per heavy atom. The lowest BCUT2D eigenvalue weighted by Crippen LogP contribution is -2.56. The van der Waals surface area contributed by atoms with E-state index in [1.807, 2.05) is 6.92 Å². The molecule has 2 N–H and O–H groups in total. The van der Waals surface area contributed by atoms with Crippen LogP contribution in [0.5, 0.6) is 0 Å². The molecule has 0 aromatic carbocycles. The maximum absolute atomic E-state index is 9.03. The molecule has 3 heteroatoms. The molecule has 0 bridgehead atoms. The summed E-state index contributed by atoms with van der Waals surface area (Å²) in [5.41, 5.74) is 0. The molecule has 1 saturated heterocycles. The SMILES string of the molecule is C[C@@H](O)CN(C)C1CNC1. The molecule has 60 valence electrons. The van der Waals surface area contributed by atoms with Crippen LogP contribution in [0.25, 0.3) is 0 Å². The fourth-order valence-electron chi connectivity index (χ4n) is 1.15. The Morgan fingerprint density at radius 1 is 1.70 bits per heavy atom. The van der Waals surface area contributed by atoms with Gasteiger partial charge < -0.3 is 10.4 Å². The van der Waals surface area contributed by atoms with Gasteiger partial charge in [-0.25, -0.2) is 0 Å². The van der Waals surface area contributed by atoms with Gasteiger partial charge in [0.15, 0.2) is 0 Å². The van der Waals surface area contributed by atoms with Crippen molar-refractivity contribution in [2.45, 2.75) is 19.1 Å². The molecular weight excluding hydrogens is 128 g/mol. The first-order valence-electron chi connectivity index (χ1n) is 3.79. The molecule has 1 aliphatic heterocycles. The first-order valence-corrected chi connectivity index (χ1v) is 3.79. The standard InChI is InChI=1S/C7H16N2O/c1-6(10)5-9(2)7-3-8-4-7/h6-8,10H,3-5H2,1-2H3/t6-/m1/s1. The summed E-state index contributed by atoms with van der Waals surface area (Å²) in [6, 6.07) is 0.648. The number of rotatable bonds is 3. The molecule has 0 amide bonds. The quantitative estimate of drug-likeness (QED) is 0.548. The third-order valence-electron chi connectivity index (χ3n) is 1.94. The van der Waals surface area contributed by atoms with Crippen LogP contribution in [-0.4, -0.2) is 48.8 Å². The van der Waals surface area contributed by atoms with Gasteiger partial charge in [0.05, 0.1) is 6.10 Å². The summed E-state index contributed by atoms with van der Waals surface area (Å²) >= 11 is 0. The van der Waals surface area contributed by atoms with E-state index in [0.29, 0.717) is 6.04 Å². The third kappa shape index (κ3) is 1.94. The Bertz CT molecular complexity index is 102. The van der Waals surface area contributed by atoms with Gasteiger partial charge in [0, 0.05) is 25.7 Å². The lowest BCUT2D eigenvalue weighted by atomic mass is 10.1. The second kappa shape index (κ2) is 3.32. The Kier molecular flexibility index (Phi) is 2.65. The smallest absolute Gasteiger partial charge is 0.0639 e. The van der Waals surface area contributed by atoms with E-state index in [1.54, 1.807) is 0 Å². The first kappa shape index (κ1) is 7.98. The summed E-state index contributed by atoms with van der Waals surface area (Å²) in [4.78, 5) is 2.20. The third-order valence-corrected chi connectivity index (χ3v) is 1.94. The average Bonchev–Trinajstić information content (AvgIpc) is 1.55. The second-order valence-electron chi connectivity index (χ2n) is 3.10. The van der Waals surface area contributed by atoms with Crippen LogP contribution in [0, 0.1) is 0 Å². The van der Waals surface area contributed by atoms with Gasteiger partial charge in [-0.3, -0.25) is 4.90 Å². The molecule has 10 heavy (non-hydrogen) atoms. The zero-order valence-corrected chi connectivity index (χ0v) is 6.67. The zero-order chi connectivity index (χ0) is 7.56. The number of aliphatic hydroxyl groups excluding tert-OH is 1. The van der Waals surface area contributed by atoms with Crippen molar-refractivity contribution in [3.8, 4) is 0 Å². The molecule has 0 unspecified atom stereocenters. The van der Waals surface area contributed by atoms with Crippen molar-refractivity contribution in [2.24, 2.45) is 0 Å². The minimum atomic E-state index is -0.203. The second-order valence-corrected chi connectivity index (χ2v) is 3.10. The molecule has 0 aromatic heterocycles. The van der Waals surface area contributed by atoms with E-state index in [9.17, 15) is 0 Å². The van der Waals surface area contributed by atoms with Crippen molar-refractivity contribution in [1.29, 1.82) is 0 Å². The van der Waals surface area contributed by atoms with Gasteiger partial charge in [-0.1, -0.05) is 0 Å². The van der Waals surface area contributed by atoms with E-state index >= 15 is 0 Å². The van der Waals surface area contributed by atoms with E-state index in [0.717, 1.165) is 19.6 Å². The van der Waals surface area contributed by atoms with Crippen LogP contribution in [0.4, 0.5) is 0 Å². The molecule has 0 aromatic rings. The van der Waals surface area contributed by atoms with Crippen molar-refractivity contribution in [2.75, 3.05) is 26.7 Å². The number of nitrogens with zero attached hydrogens (tertiary/aromatic N) is 1. The molecular formula is C7H16N2O. The molecule has 3 nitrogen and oxygen atoms in total. The van der Waals surface area contributed by atoms with Gasteiger partial charge in [-0.05, 0) is 14.0 Å². The number of likely N-dealkylation sites (N-methyl/N-ethyl adjacent to an activating group) is 1. The summed E-state index contributed by atoms with van der Waals surface area (Å²) in [6.07, 6.45) is -0.203. The summed E-state index contributed by atoms with van der Waals surface area (Å²) < 4.78 is 0. The van der Waals surface area contributed by atoms with Gasteiger partial charge in [0.25, 0.3) is 0 Å². The monoisotopic (exact) mass is 144 g/mol. The molecule has 0 spiro atoms. The first-order chi connectivity index (χ1) is 4.70. The number of aliphatic hydroxyl groups is 1. The highest BCUT2D eigenvalue weighted by molar-refractivity contribution is 4.83. The molecule has 1 atom stereocenters. The van der Waals surface area contributed by atoms with Gasteiger partial charge in [0.1, 0.15) is 0 Å². The number of nitrogens with one attached hydrogen (secondary N) is 1. The minimum Gasteiger partial charge on any atom is -0.392 e. The largest absolute Gasteiger partial charge is 0.392 e. The van der Waals surface area contributed by atoms with Crippen molar-refractivity contribution in [3.05, 3.63) is 0 Å². The maximum Gasteiger partial charge on any atom is 0.0639 e. The van der Waals surface area contributed by atoms with E-state index in [-0.39, 0.29) is 6.10 Å². The molecule has 0 radical (unpaired) electrons. The molecule has 1 aliphatic rings. The highest BCUT2D eigenvalue weighted by Gasteiger charge is 2.21. The number of hydrogen-bond acceptors (Lipinski definition) is 3. The Balaban J connectivity index is 2.13. The van der Waals surface area contributed by atoms with Crippen molar-refractivity contribution >= 4 is 0 Å². The van der Waals surface area contributed by atoms with Crippen LogP contribution in [0.3, 0.4) is 0 Å². The fraction of sp³-hybridized carbons (Fsp3) is 1.00. The van der Waals surface area contributed by atoms with Crippen molar-refractivity contribution in [3.63, 3.8) is 0 Å². The number of hydrogen-bond donors (Lipinski definition) is 2. The highest BCUT2D eigenvalue weighted by atomic mass is 16.3. The topological polar surface area (TPSA) is 35.5 Å². The van der Waals surface area contributed by atoms with Crippen LogP contribution in [0.1, 0.15) is 6.92 Å². The van der Waals surface area contributed by atoms with Crippen LogP contribution in [0.2, 0.25) is 0 Å². The summed E-state index contributed by atoms with van der Waals surface area (Å²) in [5.74, 6) is 0. The van der Waals surface area contributed by atoms with Crippen LogP contribution in [-0.2, 0) is 0 Å². The van der Waals surface area contributed by atoms with E-state index in [2.05, 4.69) is 17.3 Å². The highest BCUT2D eigenvalue weighted by Crippen LogP contribution is 2.01. The lowest BCUT2D eigenvalue weighted by molar-refractivity contribution is 0.0973. The van der Waals surface area contributed by atoms with Gasteiger partial charge in [0.2, 0.25) is 0 Å². The van der Waals surface area contributed by atoms with Crippen molar-refractivity contribution in [1.82, 2.24) is 10.2 Å². The summed E-state index contributed by atoms with van der Waals surface area (Å²) in [7, 11) is 2.05. The average molecular weight is 144 g/mol. The predicted octanol–water partition coefficient (Wildman–Crippen LogP) is -0.729. The summed E-state index contributed by atoms with van der Waals surface area (Å²) in [6.45, 7) is 4.75. The van der Waals surface area contributed by atoms with Gasteiger partial charge >= 0.3 is 0 Å². The van der Waals surface area contributed by atoms with E-state index in [4.69, 9.17) is 5.11 Å². The Labute approximate surface area is 62.0 Å². The minimum absolute atomic E-state index is 0.203. The molecule has 0 saturated carbocycles. The normalized spacial score (nSPS) is 22.8. The molecule has 1 rings (SSSR count). The van der Waals surface area contributed by atoms with Gasteiger partial charge in [-0.2, -0.15) is 0 Å². The molecule has 1 fully saturated rings. The van der Waals surface area contributed by atoms with E-state index < -0.39 is 0 Å².